The van der Waals surface area contributed by atoms with Crippen LogP contribution in [0.3, 0.4) is 0 Å². The van der Waals surface area contributed by atoms with Crippen molar-refractivity contribution in [2.24, 2.45) is 0 Å². The minimum absolute atomic E-state index is 0.0796. The summed E-state index contributed by atoms with van der Waals surface area (Å²) in [5.41, 5.74) is -2.30. The van der Waals surface area contributed by atoms with Crippen molar-refractivity contribution in [2.75, 3.05) is 7.11 Å². The monoisotopic (exact) mass is 544 g/mol. The second-order valence-corrected chi connectivity index (χ2v) is 9.29. The van der Waals surface area contributed by atoms with Crippen molar-refractivity contribution in [3.05, 3.63) is 35.8 Å². The molecule has 0 aliphatic heterocycles. The van der Waals surface area contributed by atoms with Gasteiger partial charge in [0.05, 0.1) is 31.1 Å². The largest absolute Gasteiger partial charge is 0.496 e. The molecule has 1 aliphatic rings. The summed E-state index contributed by atoms with van der Waals surface area (Å²) in [6, 6.07) is 1.64. The minimum Gasteiger partial charge on any atom is -0.496 e. The molecule has 3 aromatic rings. The Morgan fingerprint density at radius 3 is 2.39 bits per heavy atom. The topological polar surface area (TPSA) is 107 Å². The summed E-state index contributed by atoms with van der Waals surface area (Å²) in [6.07, 6.45) is -2.68. The molecule has 2 aromatic heterocycles. The standard InChI is InChI=1S/C24H25F5N4O5/c1-10(24(2,3)35)37-17-9-33-21(32-19(17)20(26)27)12(8-30-33)11-5-15(36-4)18(16(6-11)38-23(28)29)22(34)31-14-7-13(14)25/h5-6,8-10,13-14,20,23,35H,7H2,1-4H3,(H,31,34)/t10-,13-,14+/m0/s1. The lowest BCUT2D eigenvalue weighted by molar-refractivity contribution is -0.0502. The number of carbonyl (C=O) groups is 1. The van der Waals surface area contributed by atoms with E-state index < -0.39 is 54.3 Å². The number of rotatable bonds is 10. The molecule has 1 saturated carbocycles. The number of nitrogens with one attached hydrogen (secondary N) is 1. The molecule has 0 saturated heterocycles. The Balaban J connectivity index is 1.81. The first-order valence-corrected chi connectivity index (χ1v) is 11.5. The van der Waals surface area contributed by atoms with Gasteiger partial charge in [0.15, 0.2) is 17.1 Å². The summed E-state index contributed by atoms with van der Waals surface area (Å²) in [4.78, 5) is 16.7. The first-order chi connectivity index (χ1) is 17.8. The zero-order valence-corrected chi connectivity index (χ0v) is 20.7. The first-order valence-electron chi connectivity index (χ1n) is 11.5. The van der Waals surface area contributed by atoms with Crippen LogP contribution in [-0.4, -0.2) is 63.3 Å². The Morgan fingerprint density at radius 1 is 1.18 bits per heavy atom. The van der Waals surface area contributed by atoms with Gasteiger partial charge in [-0.2, -0.15) is 13.9 Å². The smallest absolute Gasteiger partial charge is 0.387 e. The molecule has 206 valence electrons. The Morgan fingerprint density at radius 2 is 1.84 bits per heavy atom. The molecule has 38 heavy (non-hydrogen) atoms. The molecule has 0 unspecified atom stereocenters. The van der Waals surface area contributed by atoms with E-state index in [4.69, 9.17) is 9.47 Å². The van der Waals surface area contributed by atoms with Crippen molar-refractivity contribution in [3.8, 4) is 28.4 Å². The fourth-order valence-corrected chi connectivity index (χ4v) is 3.57. The minimum atomic E-state index is -3.32. The third-order valence-corrected chi connectivity index (χ3v) is 6.06. The molecule has 0 radical (unpaired) electrons. The molecule has 1 fully saturated rings. The molecular formula is C24H25F5N4O5. The van der Waals surface area contributed by atoms with E-state index in [0.29, 0.717) is 0 Å². The van der Waals surface area contributed by atoms with E-state index in [2.05, 4.69) is 20.1 Å². The number of hydrogen-bond donors (Lipinski definition) is 2. The van der Waals surface area contributed by atoms with Gasteiger partial charge in [0.25, 0.3) is 12.3 Å². The van der Waals surface area contributed by atoms with E-state index in [-0.39, 0.29) is 40.3 Å². The van der Waals surface area contributed by atoms with Crippen molar-refractivity contribution in [3.63, 3.8) is 0 Å². The average molecular weight is 544 g/mol. The number of methoxy groups -OCH3 is 1. The number of amides is 1. The van der Waals surface area contributed by atoms with Crippen LogP contribution >= 0.6 is 0 Å². The van der Waals surface area contributed by atoms with Gasteiger partial charge in [-0.05, 0) is 38.5 Å². The van der Waals surface area contributed by atoms with Crippen LogP contribution in [0.2, 0.25) is 0 Å². The second-order valence-electron chi connectivity index (χ2n) is 9.29. The van der Waals surface area contributed by atoms with E-state index in [1.165, 1.54) is 40.1 Å². The molecule has 1 amide bonds. The molecule has 0 bridgehead atoms. The zero-order valence-electron chi connectivity index (χ0n) is 20.7. The van der Waals surface area contributed by atoms with Gasteiger partial charge in [0.1, 0.15) is 29.3 Å². The SMILES string of the molecule is COc1cc(-c2cnn3cc(O[C@@H](C)C(C)(C)O)c(C(F)F)nc23)cc(OC(F)F)c1C(=O)N[C@@H]1C[C@@H]1F. The first kappa shape index (κ1) is 27.4. The number of aliphatic hydroxyl groups is 1. The summed E-state index contributed by atoms with van der Waals surface area (Å²) in [7, 11) is 1.19. The molecule has 0 spiro atoms. The third-order valence-electron chi connectivity index (χ3n) is 6.06. The zero-order chi connectivity index (χ0) is 27.9. The summed E-state index contributed by atoms with van der Waals surface area (Å²) in [5.74, 6) is -1.95. The fraction of sp³-hybridized carbons (Fsp3) is 0.458. The number of ether oxygens (including phenoxy) is 3. The Labute approximate surface area is 213 Å². The van der Waals surface area contributed by atoms with Crippen molar-refractivity contribution in [2.45, 2.75) is 64.1 Å². The van der Waals surface area contributed by atoms with Crippen molar-refractivity contribution < 1.29 is 46.1 Å². The van der Waals surface area contributed by atoms with E-state index in [9.17, 15) is 31.9 Å². The van der Waals surface area contributed by atoms with Gasteiger partial charge in [-0.3, -0.25) is 4.79 Å². The van der Waals surface area contributed by atoms with Crippen LogP contribution in [0.15, 0.2) is 24.5 Å². The molecule has 4 rings (SSSR count). The highest BCUT2D eigenvalue weighted by atomic mass is 19.3. The van der Waals surface area contributed by atoms with Crippen LogP contribution in [0.25, 0.3) is 16.8 Å². The van der Waals surface area contributed by atoms with Gasteiger partial charge in [-0.25, -0.2) is 22.7 Å². The number of benzene rings is 1. The quantitative estimate of drug-likeness (QED) is 0.366. The lowest BCUT2D eigenvalue weighted by Gasteiger charge is -2.27. The van der Waals surface area contributed by atoms with Gasteiger partial charge in [0.2, 0.25) is 0 Å². The van der Waals surface area contributed by atoms with Crippen LogP contribution in [0.1, 0.15) is 49.7 Å². The highest BCUT2D eigenvalue weighted by Gasteiger charge is 2.40. The number of nitrogens with zero attached hydrogens (tertiary/aromatic N) is 3. The predicted octanol–water partition coefficient (Wildman–Crippen LogP) is 4.32. The van der Waals surface area contributed by atoms with Crippen molar-refractivity contribution in [1.29, 1.82) is 0 Å². The van der Waals surface area contributed by atoms with E-state index in [0.717, 1.165) is 16.8 Å². The molecular weight excluding hydrogens is 519 g/mol. The van der Waals surface area contributed by atoms with E-state index in [1.54, 1.807) is 0 Å². The fourth-order valence-electron chi connectivity index (χ4n) is 3.57. The van der Waals surface area contributed by atoms with Gasteiger partial charge in [-0.15, -0.1) is 0 Å². The summed E-state index contributed by atoms with van der Waals surface area (Å²) in [5, 5.41) is 16.6. The third kappa shape index (κ3) is 5.59. The van der Waals surface area contributed by atoms with Crippen LogP contribution in [0, 0.1) is 0 Å². The van der Waals surface area contributed by atoms with Gasteiger partial charge in [-0.1, -0.05) is 0 Å². The molecule has 1 aliphatic carbocycles. The molecule has 9 nitrogen and oxygen atoms in total. The molecule has 3 atom stereocenters. The molecule has 1 aromatic carbocycles. The predicted molar refractivity (Wildman–Crippen MR) is 124 cm³/mol. The van der Waals surface area contributed by atoms with Gasteiger partial charge >= 0.3 is 6.61 Å². The van der Waals surface area contributed by atoms with Crippen molar-refractivity contribution >= 4 is 11.6 Å². The highest BCUT2D eigenvalue weighted by Crippen LogP contribution is 2.39. The van der Waals surface area contributed by atoms with Crippen LogP contribution in [0.4, 0.5) is 22.0 Å². The van der Waals surface area contributed by atoms with Crippen molar-refractivity contribution in [1.82, 2.24) is 19.9 Å². The van der Waals surface area contributed by atoms with Crippen LogP contribution < -0.4 is 19.5 Å². The average Bonchev–Trinajstić information content (AvgIpc) is 3.34. The lowest BCUT2D eigenvalue weighted by Crippen LogP contribution is -2.38. The van der Waals surface area contributed by atoms with Gasteiger partial charge in [0, 0.05) is 12.0 Å². The Kier molecular flexibility index (Phi) is 7.37. The summed E-state index contributed by atoms with van der Waals surface area (Å²) >= 11 is 0. The molecule has 2 N–H and O–H groups in total. The number of halogens is 5. The maximum atomic E-state index is 13.9. The second kappa shape index (κ2) is 10.2. The van der Waals surface area contributed by atoms with Crippen LogP contribution in [0.5, 0.6) is 17.2 Å². The maximum absolute atomic E-state index is 13.9. The highest BCUT2D eigenvalue weighted by molar-refractivity contribution is 6.01. The summed E-state index contributed by atoms with van der Waals surface area (Å²) in [6.45, 7) is 1.09. The normalized spacial score (nSPS) is 18.1. The lowest BCUT2D eigenvalue weighted by atomic mass is 10.0. The Hall–Kier alpha value is -3.68. The molecule has 2 heterocycles. The number of alkyl halides is 5. The number of aromatic nitrogens is 3. The number of carbonyl (C=O) groups excluding carboxylic acids is 1. The molecule has 14 heteroatoms. The van der Waals surface area contributed by atoms with E-state index in [1.807, 2.05) is 0 Å². The van der Waals surface area contributed by atoms with E-state index >= 15 is 0 Å². The number of hydrogen-bond acceptors (Lipinski definition) is 7. The maximum Gasteiger partial charge on any atom is 0.387 e. The summed E-state index contributed by atoms with van der Waals surface area (Å²) < 4.78 is 84.1. The van der Waals surface area contributed by atoms with Gasteiger partial charge < -0.3 is 24.6 Å². The van der Waals surface area contributed by atoms with Crippen LogP contribution in [-0.2, 0) is 0 Å². The Bertz CT molecular complexity index is 1340. The number of fused-ring (bicyclic) bond motifs is 1.